The zero-order valence-electron chi connectivity index (χ0n) is 16.9. The molecule has 1 N–H and O–H groups in total. The molecule has 2 rings (SSSR count). The maximum absolute atomic E-state index is 12.9. The second-order valence-electron chi connectivity index (χ2n) is 5.67. The molecular formula is C20H23NO8. The maximum atomic E-state index is 12.9. The van der Waals surface area contributed by atoms with E-state index in [-0.39, 0.29) is 53.0 Å². The van der Waals surface area contributed by atoms with Gasteiger partial charge in [0.2, 0.25) is 5.88 Å². The summed E-state index contributed by atoms with van der Waals surface area (Å²) in [6.45, 7) is 4.90. The lowest BCUT2D eigenvalue weighted by Crippen LogP contribution is -2.18. The monoisotopic (exact) mass is 405 g/mol. The Balaban J connectivity index is 2.53. The van der Waals surface area contributed by atoms with Gasteiger partial charge in [0.1, 0.15) is 33.9 Å². The van der Waals surface area contributed by atoms with E-state index in [1.165, 1.54) is 21.1 Å². The lowest BCUT2D eigenvalue weighted by Gasteiger charge is -2.12. The Labute approximate surface area is 167 Å². The van der Waals surface area contributed by atoms with Gasteiger partial charge in [0, 0.05) is 0 Å². The number of methoxy groups -OCH3 is 2. The minimum Gasteiger partial charge on any atom is -0.496 e. The van der Waals surface area contributed by atoms with Crippen LogP contribution in [0.15, 0.2) is 22.6 Å². The number of hydrogen-bond acceptors (Lipinski definition) is 8. The van der Waals surface area contributed by atoms with Crippen LogP contribution in [0.2, 0.25) is 0 Å². The zero-order chi connectivity index (χ0) is 21.6. The molecule has 0 aliphatic carbocycles. The van der Waals surface area contributed by atoms with Gasteiger partial charge in [0.25, 0.3) is 5.91 Å². The molecule has 9 nitrogen and oxygen atoms in total. The summed E-state index contributed by atoms with van der Waals surface area (Å²) in [6.07, 6.45) is 0. The van der Waals surface area contributed by atoms with Gasteiger partial charge in [0.15, 0.2) is 0 Å². The summed E-state index contributed by atoms with van der Waals surface area (Å²) in [4.78, 5) is 37.7. The van der Waals surface area contributed by atoms with Crippen molar-refractivity contribution < 1.29 is 37.7 Å². The number of esters is 2. The number of furan rings is 1. The third kappa shape index (κ3) is 4.50. The highest BCUT2D eigenvalue weighted by atomic mass is 16.5. The molecule has 0 aliphatic rings. The van der Waals surface area contributed by atoms with Crippen LogP contribution in [-0.2, 0) is 9.47 Å². The summed E-state index contributed by atoms with van der Waals surface area (Å²) in [5.74, 6) is -1.85. The Morgan fingerprint density at radius 1 is 0.897 bits per heavy atom. The molecule has 0 spiro atoms. The van der Waals surface area contributed by atoms with E-state index in [1.807, 2.05) is 0 Å². The lowest BCUT2D eigenvalue weighted by atomic mass is 10.1. The lowest BCUT2D eigenvalue weighted by molar-refractivity contribution is 0.0480. The summed E-state index contributed by atoms with van der Waals surface area (Å²) in [6, 6.07) is 4.83. The van der Waals surface area contributed by atoms with E-state index in [9.17, 15) is 14.4 Å². The molecule has 0 radical (unpaired) electrons. The normalized spacial score (nSPS) is 10.2. The Kier molecular flexibility index (Phi) is 7.24. The number of rotatable bonds is 8. The van der Waals surface area contributed by atoms with Crippen LogP contribution in [-0.4, -0.2) is 45.3 Å². The zero-order valence-corrected chi connectivity index (χ0v) is 16.9. The molecule has 1 aromatic heterocycles. The van der Waals surface area contributed by atoms with Crippen molar-refractivity contribution in [3.63, 3.8) is 0 Å². The number of anilines is 1. The van der Waals surface area contributed by atoms with E-state index >= 15 is 0 Å². The third-order valence-electron chi connectivity index (χ3n) is 3.93. The Hall–Kier alpha value is -3.49. The van der Waals surface area contributed by atoms with Gasteiger partial charge >= 0.3 is 11.9 Å². The average Bonchev–Trinajstić information content (AvgIpc) is 3.03. The fourth-order valence-corrected chi connectivity index (χ4v) is 2.72. The number of ether oxygens (including phenoxy) is 4. The van der Waals surface area contributed by atoms with Gasteiger partial charge in [-0.2, -0.15) is 0 Å². The molecule has 0 saturated carbocycles. The predicted octanol–water partition coefficient (Wildman–Crippen LogP) is 3.21. The standard InChI is InChI=1S/C20H23NO8/c1-6-27-19(23)14-11(3)29-18(16(14)20(24)28-7-2)21-17(22)15-12(25-4)9-8-10-13(15)26-5/h8-10H,6-7H2,1-5H3,(H,21,22). The molecule has 1 heterocycles. The van der Waals surface area contributed by atoms with Gasteiger partial charge in [-0.3, -0.25) is 10.1 Å². The maximum Gasteiger partial charge on any atom is 0.344 e. The van der Waals surface area contributed by atoms with Gasteiger partial charge in [-0.25, -0.2) is 9.59 Å². The molecule has 0 atom stereocenters. The van der Waals surface area contributed by atoms with Crippen LogP contribution < -0.4 is 14.8 Å². The molecule has 1 aromatic carbocycles. The minimum atomic E-state index is -0.824. The summed E-state index contributed by atoms with van der Waals surface area (Å²) < 4.78 is 26.0. The molecule has 0 saturated heterocycles. The topological polar surface area (TPSA) is 113 Å². The molecule has 29 heavy (non-hydrogen) atoms. The van der Waals surface area contributed by atoms with Gasteiger partial charge in [0.05, 0.1) is 27.4 Å². The first-order valence-corrected chi connectivity index (χ1v) is 8.89. The molecular weight excluding hydrogens is 382 g/mol. The van der Waals surface area contributed by atoms with Crippen LogP contribution in [0.3, 0.4) is 0 Å². The second-order valence-corrected chi connectivity index (χ2v) is 5.67. The van der Waals surface area contributed by atoms with Crippen molar-refractivity contribution in [1.29, 1.82) is 0 Å². The highest BCUT2D eigenvalue weighted by Crippen LogP contribution is 2.32. The molecule has 0 bridgehead atoms. The Morgan fingerprint density at radius 3 is 1.90 bits per heavy atom. The first-order valence-electron chi connectivity index (χ1n) is 8.89. The van der Waals surface area contributed by atoms with E-state index < -0.39 is 17.8 Å². The van der Waals surface area contributed by atoms with Crippen molar-refractivity contribution in [2.24, 2.45) is 0 Å². The molecule has 9 heteroatoms. The summed E-state index contributed by atoms with van der Waals surface area (Å²) in [5, 5.41) is 2.50. The largest absolute Gasteiger partial charge is 0.496 e. The van der Waals surface area contributed by atoms with E-state index in [0.717, 1.165) is 0 Å². The van der Waals surface area contributed by atoms with Crippen LogP contribution >= 0.6 is 0 Å². The van der Waals surface area contributed by atoms with Gasteiger partial charge in [-0.05, 0) is 32.9 Å². The van der Waals surface area contributed by atoms with E-state index in [4.69, 9.17) is 23.4 Å². The van der Waals surface area contributed by atoms with Gasteiger partial charge < -0.3 is 23.4 Å². The smallest absolute Gasteiger partial charge is 0.344 e. The molecule has 2 aromatic rings. The molecule has 0 aliphatic heterocycles. The summed E-state index contributed by atoms with van der Waals surface area (Å²) in [7, 11) is 2.82. The van der Waals surface area contributed by atoms with E-state index in [0.29, 0.717) is 0 Å². The first-order chi connectivity index (χ1) is 13.9. The van der Waals surface area contributed by atoms with Crippen molar-refractivity contribution in [2.75, 3.05) is 32.8 Å². The fourth-order valence-electron chi connectivity index (χ4n) is 2.72. The number of carbonyl (C=O) groups is 3. The van der Waals surface area contributed by atoms with E-state index in [1.54, 1.807) is 32.0 Å². The number of aryl methyl sites for hydroxylation is 1. The van der Waals surface area contributed by atoms with Gasteiger partial charge in [-0.1, -0.05) is 6.07 Å². The summed E-state index contributed by atoms with van der Waals surface area (Å²) in [5.41, 5.74) is -0.225. The molecule has 0 fully saturated rings. The van der Waals surface area contributed by atoms with Crippen molar-refractivity contribution >= 4 is 23.7 Å². The number of benzene rings is 1. The van der Waals surface area contributed by atoms with Crippen molar-refractivity contribution in [3.05, 3.63) is 40.6 Å². The predicted molar refractivity (Wildman–Crippen MR) is 103 cm³/mol. The minimum absolute atomic E-state index is 0.0685. The van der Waals surface area contributed by atoms with Crippen molar-refractivity contribution in [3.8, 4) is 11.5 Å². The summed E-state index contributed by atoms with van der Waals surface area (Å²) >= 11 is 0. The quantitative estimate of drug-likeness (QED) is 0.666. The van der Waals surface area contributed by atoms with Crippen LogP contribution in [0.1, 0.15) is 50.7 Å². The fraction of sp³-hybridized carbons (Fsp3) is 0.350. The molecule has 1 amide bonds. The van der Waals surface area contributed by atoms with Crippen LogP contribution in [0.5, 0.6) is 11.5 Å². The van der Waals surface area contributed by atoms with Gasteiger partial charge in [-0.15, -0.1) is 0 Å². The Bertz CT molecular complexity index is 893. The van der Waals surface area contributed by atoms with Crippen LogP contribution in [0.25, 0.3) is 0 Å². The molecule has 156 valence electrons. The van der Waals surface area contributed by atoms with Crippen molar-refractivity contribution in [2.45, 2.75) is 20.8 Å². The highest BCUT2D eigenvalue weighted by molar-refractivity contribution is 6.13. The Morgan fingerprint density at radius 2 is 1.41 bits per heavy atom. The number of nitrogens with one attached hydrogen (secondary N) is 1. The first kappa shape index (κ1) is 21.8. The SMILES string of the molecule is CCOC(=O)c1c(C)oc(NC(=O)c2c(OC)cccc2OC)c1C(=O)OCC. The number of carbonyl (C=O) groups excluding carboxylic acids is 3. The number of amides is 1. The van der Waals surface area contributed by atoms with Crippen LogP contribution in [0.4, 0.5) is 5.88 Å². The van der Waals surface area contributed by atoms with Crippen LogP contribution in [0, 0.1) is 6.92 Å². The molecule has 0 unspecified atom stereocenters. The number of hydrogen-bond donors (Lipinski definition) is 1. The third-order valence-corrected chi connectivity index (χ3v) is 3.93. The van der Waals surface area contributed by atoms with Crippen molar-refractivity contribution in [1.82, 2.24) is 0 Å². The van der Waals surface area contributed by atoms with E-state index in [2.05, 4.69) is 5.32 Å². The highest BCUT2D eigenvalue weighted by Gasteiger charge is 2.32. The second kappa shape index (κ2) is 9.63. The average molecular weight is 405 g/mol.